The minimum absolute atomic E-state index is 0.0951. The van der Waals surface area contributed by atoms with Gasteiger partial charge in [-0.2, -0.15) is 0 Å². The molecule has 2 unspecified atom stereocenters. The largest absolute Gasteiger partial charge is 0.495 e. The van der Waals surface area contributed by atoms with Crippen LogP contribution in [-0.2, 0) is 4.74 Å². The Morgan fingerprint density at radius 3 is 2.67 bits per heavy atom. The van der Waals surface area contributed by atoms with Crippen LogP contribution in [-0.4, -0.2) is 29.8 Å². The van der Waals surface area contributed by atoms with Gasteiger partial charge in [-0.05, 0) is 46.7 Å². The van der Waals surface area contributed by atoms with Crippen LogP contribution in [0.3, 0.4) is 0 Å². The molecule has 0 radical (unpaired) electrons. The molecule has 0 spiro atoms. The summed E-state index contributed by atoms with van der Waals surface area (Å²) in [6, 6.07) is 2.25. The Morgan fingerprint density at radius 1 is 1.43 bits per heavy atom. The quantitative estimate of drug-likeness (QED) is 0.904. The number of nitrogens with zero attached hydrogens (tertiary/aromatic N) is 1. The molecule has 1 aromatic rings. The van der Waals surface area contributed by atoms with Crippen LogP contribution in [0.15, 0.2) is 18.5 Å². The van der Waals surface area contributed by atoms with E-state index < -0.39 is 0 Å². The van der Waals surface area contributed by atoms with Gasteiger partial charge in [0.25, 0.3) is 0 Å². The summed E-state index contributed by atoms with van der Waals surface area (Å²) in [5, 5.41) is 3.62. The number of aromatic nitrogens is 1. The molecule has 4 nitrogen and oxygen atoms in total. The molecule has 1 aliphatic heterocycles. The third-order valence-electron chi connectivity index (χ3n) is 4.34. The maximum atomic E-state index is 6.27. The fourth-order valence-electron chi connectivity index (χ4n) is 3.63. The highest BCUT2D eigenvalue weighted by Gasteiger charge is 2.49. The fraction of sp³-hybridized carbons (Fsp3) is 0.706. The van der Waals surface area contributed by atoms with E-state index in [4.69, 9.17) is 9.47 Å². The van der Waals surface area contributed by atoms with Crippen molar-refractivity contribution in [2.45, 2.75) is 58.3 Å². The molecule has 1 saturated heterocycles. The van der Waals surface area contributed by atoms with Crippen LogP contribution in [0.2, 0.25) is 0 Å². The number of nitrogens with one attached hydrogen (secondary N) is 1. The summed E-state index contributed by atoms with van der Waals surface area (Å²) < 4.78 is 11.8. The van der Waals surface area contributed by atoms with Gasteiger partial charge in [-0.15, -0.1) is 0 Å². The summed E-state index contributed by atoms with van der Waals surface area (Å²) >= 11 is 0. The van der Waals surface area contributed by atoms with Gasteiger partial charge in [0, 0.05) is 23.7 Å². The van der Waals surface area contributed by atoms with Gasteiger partial charge in [-0.1, -0.05) is 6.92 Å². The average Bonchev–Trinajstić information content (AvgIpc) is 2.64. The Bertz CT molecular complexity index is 485. The number of hydrogen-bond acceptors (Lipinski definition) is 4. The fourth-order valence-corrected chi connectivity index (χ4v) is 3.63. The lowest BCUT2D eigenvalue weighted by Gasteiger charge is -2.34. The normalized spacial score (nSPS) is 24.8. The Kier molecular flexibility index (Phi) is 4.59. The van der Waals surface area contributed by atoms with E-state index in [9.17, 15) is 0 Å². The Balaban J connectivity index is 2.39. The summed E-state index contributed by atoms with van der Waals surface area (Å²) in [4.78, 5) is 4.17. The molecule has 0 aromatic carbocycles. The minimum Gasteiger partial charge on any atom is -0.495 e. The lowest BCUT2D eigenvalue weighted by Crippen LogP contribution is -2.38. The van der Waals surface area contributed by atoms with Crippen LogP contribution in [0.25, 0.3) is 0 Å². The first kappa shape index (κ1) is 16.2. The zero-order valence-electron chi connectivity index (χ0n) is 14.1. The molecule has 2 atom stereocenters. The molecule has 4 heteroatoms. The van der Waals surface area contributed by atoms with E-state index in [1.807, 2.05) is 12.3 Å². The minimum atomic E-state index is -0.176. The lowest BCUT2D eigenvalue weighted by atomic mass is 9.79. The van der Waals surface area contributed by atoms with E-state index in [2.05, 4.69) is 44.9 Å². The zero-order valence-corrected chi connectivity index (χ0v) is 14.1. The van der Waals surface area contributed by atoms with Crippen molar-refractivity contribution in [2.75, 3.05) is 13.7 Å². The van der Waals surface area contributed by atoms with E-state index in [-0.39, 0.29) is 17.2 Å². The van der Waals surface area contributed by atoms with E-state index in [1.54, 1.807) is 13.3 Å². The second kappa shape index (κ2) is 5.93. The molecule has 1 fully saturated rings. The number of ether oxygens (including phenoxy) is 2. The van der Waals surface area contributed by atoms with Gasteiger partial charge in [0.1, 0.15) is 5.75 Å². The molecule has 0 bridgehead atoms. The predicted molar refractivity (Wildman–Crippen MR) is 84.6 cm³/mol. The molecular formula is C17H28N2O2. The molecule has 0 amide bonds. The van der Waals surface area contributed by atoms with Crippen molar-refractivity contribution in [3.05, 3.63) is 24.0 Å². The first-order chi connectivity index (χ1) is 9.80. The summed E-state index contributed by atoms with van der Waals surface area (Å²) in [5.41, 5.74) is 0.890. The third kappa shape index (κ3) is 3.38. The van der Waals surface area contributed by atoms with Crippen LogP contribution in [0, 0.1) is 5.92 Å². The summed E-state index contributed by atoms with van der Waals surface area (Å²) in [6.45, 7) is 11.7. The molecule has 2 rings (SSSR count). The van der Waals surface area contributed by atoms with Crippen molar-refractivity contribution < 1.29 is 9.47 Å². The van der Waals surface area contributed by atoms with E-state index in [1.165, 1.54) is 0 Å². The Morgan fingerprint density at radius 2 is 2.14 bits per heavy atom. The molecule has 118 valence electrons. The summed E-state index contributed by atoms with van der Waals surface area (Å²) in [5.74, 6) is 1.22. The molecule has 2 heterocycles. The van der Waals surface area contributed by atoms with Gasteiger partial charge in [0.15, 0.2) is 0 Å². The molecule has 1 N–H and O–H groups in total. The maximum absolute atomic E-state index is 6.27. The standard InChI is InChI=1S/C17H28N2O2/c1-7-19-15(12-8-9-18-11-14(12)20-6)13-10-16(2,3)21-17(13,4)5/h8-9,11,13,15,19H,7,10H2,1-6H3. The van der Waals surface area contributed by atoms with E-state index >= 15 is 0 Å². The van der Waals surface area contributed by atoms with Gasteiger partial charge >= 0.3 is 0 Å². The maximum Gasteiger partial charge on any atom is 0.141 e. The smallest absolute Gasteiger partial charge is 0.141 e. The molecule has 1 aliphatic rings. The summed E-state index contributed by atoms with van der Waals surface area (Å²) in [6.07, 6.45) is 4.63. The van der Waals surface area contributed by atoms with Crippen molar-refractivity contribution in [1.82, 2.24) is 10.3 Å². The van der Waals surface area contributed by atoms with Crippen molar-refractivity contribution in [2.24, 2.45) is 5.92 Å². The van der Waals surface area contributed by atoms with Crippen molar-refractivity contribution in [3.63, 3.8) is 0 Å². The first-order valence-electron chi connectivity index (χ1n) is 7.72. The lowest BCUT2D eigenvalue weighted by molar-refractivity contribution is -0.0778. The number of methoxy groups -OCH3 is 1. The molecular weight excluding hydrogens is 264 g/mol. The monoisotopic (exact) mass is 292 g/mol. The second-order valence-corrected chi connectivity index (χ2v) is 6.93. The van der Waals surface area contributed by atoms with Gasteiger partial charge in [-0.3, -0.25) is 4.98 Å². The van der Waals surface area contributed by atoms with Gasteiger partial charge < -0.3 is 14.8 Å². The van der Waals surface area contributed by atoms with Crippen LogP contribution >= 0.6 is 0 Å². The van der Waals surface area contributed by atoms with Crippen molar-refractivity contribution in [1.29, 1.82) is 0 Å². The van der Waals surface area contributed by atoms with Crippen LogP contribution in [0.5, 0.6) is 5.75 Å². The topological polar surface area (TPSA) is 43.4 Å². The van der Waals surface area contributed by atoms with Gasteiger partial charge in [-0.25, -0.2) is 0 Å². The number of pyridine rings is 1. The van der Waals surface area contributed by atoms with Crippen LogP contribution in [0.4, 0.5) is 0 Å². The highest BCUT2D eigenvalue weighted by molar-refractivity contribution is 5.34. The first-order valence-corrected chi connectivity index (χ1v) is 7.72. The van der Waals surface area contributed by atoms with Crippen molar-refractivity contribution >= 4 is 0 Å². The van der Waals surface area contributed by atoms with Crippen molar-refractivity contribution in [3.8, 4) is 5.75 Å². The number of rotatable bonds is 5. The molecule has 21 heavy (non-hydrogen) atoms. The molecule has 1 aromatic heterocycles. The predicted octanol–water partition coefficient (Wildman–Crippen LogP) is 3.33. The van der Waals surface area contributed by atoms with E-state index in [0.717, 1.165) is 24.3 Å². The highest BCUT2D eigenvalue weighted by atomic mass is 16.5. The van der Waals surface area contributed by atoms with Gasteiger partial charge in [0.2, 0.25) is 0 Å². The average molecular weight is 292 g/mol. The zero-order chi connectivity index (χ0) is 15.7. The Hall–Kier alpha value is -1.13. The van der Waals surface area contributed by atoms with E-state index in [0.29, 0.717) is 5.92 Å². The summed E-state index contributed by atoms with van der Waals surface area (Å²) in [7, 11) is 1.70. The molecule has 0 aliphatic carbocycles. The SMILES string of the molecule is CCNC(c1ccncc1OC)C1CC(C)(C)OC1(C)C. The second-order valence-electron chi connectivity index (χ2n) is 6.93. The highest BCUT2D eigenvalue weighted by Crippen LogP contribution is 2.48. The van der Waals surface area contributed by atoms with Crippen LogP contribution in [0.1, 0.15) is 52.6 Å². The third-order valence-corrected chi connectivity index (χ3v) is 4.34. The van der Waals surface area contributed by atoms with Gasteiger partial charge in [0.05, 0.1) is 24.5 Å². The number of hydrogen-bond donors (Lipinski definition) is 1. The molecule has 0 saturated carbocycles. The van der Waals surface area contributed by atoms with Crippen LogP contribution < -0.4 is 10.1 Å². The Labute approximate surface area is 128 Å².